The van der Waals surface area contributed by atoms with Crippen molar-refractivity contribution in [3.05, 3.63) is 24.3 Å². The first kappa shape index (κ1) is 13.5. The summed E-state index contributed by atoms with van der Waals surface area (Å²) in [7, 11) is 0. The molecule has 17 heavy (non-hydrogen) atoms. The molecule has 0 aliphatic rings. The molecule has 0 spiro atoms. The van der Waals surface area contributed by atoms with E-state index in [0.717, 1.165) is 11.4 Å². The Balaban J connectivity index is 2.98. The van der Waals surface area contributed by atoms with E-state index in [1.165, 1.54) is 0 Å². The molecule has 0 aromatic heterocycles. The monoisotopic (exact) mass is 236 g/mol. The molecule has 0 atom stereocenters. The van der Waals surface area contributed by atoms with Crippen molar-refractivity contribution in [1.82, 2.24) is 0 Å². The standard InChI is InChI=1S/C13H20N2O2/c1-3-15(13(16)9-10-14)11-7-5-6-8-12(11)17-4-2/h5-8H,3-4,9-10,14H2,1-2H3. The lowest BCUT2D eigenvalue weighted by Gasteiger charge is -2.23. The van der Waals surface area contributed by atoms with Crippen molar-refractivity contribution >= 4 is 11.6 Å². The van der Waals surface area contributed by atoms with Crippen molar-refractivity contribution in [3.8, 4) is 5.75 Å². The molecule has 0 heterocycles. The molecule has 94 valence electrons. The maximum Gasteiger partial charge on any atom is 0.228 e. The fourth-order valence-electron chi connectivity index (χ4n) is 1.70. The molecule has 0 unspecified atom stereocenters. The maximum absolute atomic E-state index is 11.9. The van der Waals surface area contributed by atoms with Crippen LogP contribution >= 0.6 is 0 Å². The van der Waals surface area contributed by atoms with E-state index in [-0.39, 0.29) is 5.91 Å². The summed E-state index contributed by atoms with van der Waals surface area (Å²) in [6.45, 7) is 5.43. The summed E-state index contributed by atoms with van der Waals surface area (Å²) in [4.78, 5) is 13.6. The average Bonchev–Trinajstić information content (AvgIpc) is 2.33. The lowest BCUT2D eigenvalue weighted by molar-refractivity contribution is -0.118. The van der Waals surface area contributed by atoms with E-state index in [9.17, 15) is 4.79 Å². The van der Waals surface area contributed by atoms with Gasteiger partial charge in [0.25, 0.3) is 0 Å². The Labute approximate surface area is 102 Å². The summed E-state index contributed by atoms with van der Waals surface area (Å²) in [6, 6.07) is 7.56. The van der Waals surface area contributed by atoms with E-state index < -0.39 is 0 Å². The zero-order valence-corrected chi connectivity index (χ0v) is 10.5. The Morgan fingerprint density at radius 1 is 1.35 bits per heavy atom. The second-order valence-corrected chi connectivity index (χ2v) is 3.58. The number of hydrogen-bond acceptors (Lipinski definition) is 3. The van der Waals surface area contributed by atoms with Gasteiger partial charge in [0.2, 0.25) is 5.91 Å². The number of benzene rings is 1. The Bertz CT molecular complexity index is 366. The normalized spacial score (nSPS) is 10.1. The summed E-state index contributed by atoms with van der Waals surface area (Å²) >= 11 is 0. The van der Waals surface area contributed by atoms with E-state index in [2.05, 4.69) is 0 Å². The van der Waals surface area contributed by atoms with Crippen LogP contribution in [0.25, 0.3) is 0 Å². The second-order valence-electron chi connectivity index (χ2n) is 3.58. The van der Waals surface area contributed by atoms with Crippen LogP contribution in [0.2, 0.25) is 0 Å². The van der Waals surface area contributed by atoms with Crippen LogP contribution in [-0.4, -0.2) is 25.6 Å². The first-order chi connectivity index (χ1) is 8.24. The molecule has 0 fully saturated rings. The molecule has 0 aliphatic carbocycles. The van der Waals surface area contributed by atoms with Crippen LogP contribution < -0.4 is 15.4 Å². The van der Waals surface area contributed by atoms with Gasteiger partial charge in [0, 0.05) is 19.5 Å². The Kier molecular flexibility index (Phi) is 5.49. The van der Waals surface area contributed by atoms with E-state index in [0.29, 0.717) is 26.1 Å². The lowest BCUT2D eigenvalue weighted by Crippen LogP contribution is -2.32. The predicted molar refractivity (Wildman–Crippen MR) is 69.3 cm³/mol. The molecule has 0 saturated heterocycles. The molecule has 4 nitrogen and oxygen atoms in total. The highest BCUT2D eigenvalue weighted by Gasteiger charge is 2.16. The predicted octanol–water partition coefficient (Wildman–Crippen LogP) is 1.79. The van der Waals surface area contributed by atoms with Crippen molar-refractivity contribution in [2.75, 3.05) is 24.6 Å². The summed E-state index contributed by atoms with van der Waals surface area (Å²) in [5, 5.41) is 0. The van der Waals surface area contributed by atoms with Crippen molar-refractivity contribution in [3.63, 3.8) is 0 Å². The number of hydrogen-bond donors (Lipinski definition) is 1. The van der Waals surface area contributed by atoms with Crippen LogP contribution in [0.4, 0.5) is 5.69 Å². The summed E-state index contributed by atoms with van der Waals surface area (Å²) < 4.78 is 5.52. The van der Waals surface area contributed by atoms with Gasteiger partial charge < -0.3 is 15.4 Å². The number of nitrogens with two attached hydrogens (primary N) is 1. The number of ether oxygens (including phenoxy) is 1. The first-order valence-electron chi connectivity index (χ1n) is 5.96. The maximum atomic E-state index is 11.9. The van der Waals surface area contributed by atoms with E-state index in [1.807, 2.05) is 38.1 Å². The van der Waals surface area contributed by atoms with E-state index >= 15 is 0 Å². The van der Waals surface area contributed by atoms with Crippen molar-refractivity contribution < 1.29 is 9.53 Å². The smallest absolute Gasteiger partial charge is 0.228 e. The van der Waals surface area contributed by atoms with Gasteiger partial charge in [-0.15, -0.1) is 0 Å². The third-order valence-corrected chi connectivity index (χ3v) is 2.43. The summed E-state index contributed by atoms with van der Waals surface area (Å²) in [5.74, 6) is 0.768. The first-order valence-corrected chi connectivity index (χ1v) is 5.96. The Hall–Kier alpha value is -1.55. The highest BCUT2D eigenvalue weighted by molar-refractivity contribution is 5.94. The minimum absolute atomic E-state index is 0.0298. The SMILES string of the molecule is CCOc1ccccc1N(CC)C(=O)CCN. The fourth-order valence-corrected chi connectivity index (χ4v) is 1.70. The van der Waals surface area contributed by atoms with Crippen molar-refractivity contribution in [2.45, 2.75) is 20.3 Å². The minimum Gasteiger partial charge on any atom is -0.492 e. The number of amides is 1. The summed E-state index contributed by atoms with van der Waals surface area (Å²) in [6.07, 6.45) is 0.355. The number of nitrogens with zero attached hydrogens (tertiary/aromatic N) is 1. The van der Waals surface area contributed by atoms with Gasteiger partial charge in [0.05, 0.1) is 12.3 Å². The molecule has 0 radical (unpaired) electrons. The topological polar surface area (TPSA) is 55.6 Å². The van der Waals surface area contributed by atoms with Gasteiger partial charge in [0.15, 0.2) is 0 Å². The molecule has 0 aliphatic heterocycles. The number of para-hydroxylation sites is 2. The number of carbonyl (C=O) groups excluding carboxylic acids is 1. The number of anilines is 1. The lowest BCUT2D eigenvalue weighted by atomic mass is 10.2. The van der Waals surface area contributed by atoms with Gasteiger partial charge in [-0.05, 0) is 26.0 Å². The van der Waals surface area contributed by atoms with Gasteiger partial charge in [-0.3, -0.25) is 4.79 Å². The molecule has 1 aromatic rings. The molecular formula is C13H20N2O2. The molecule has 1 rings (SSSR count). The van der Waals surface area contributed by atoms with Crippen LogP contribution in [0.15, 0.2) is 24.3 Å². The van der Waals surface area contributed by atoms with Gasteiger partial charge >= 0.3 is 0 Å². The molecule has 0 bridgehead atoms. The average molecular weight is 236 g/mol. The number of rotatable bonds is 6. The molecule has 2 N–H and O–H groups in total. The zero-order chi connectivity index (χ0) is 12.7. The molecule has 0 saturated carbocycles. The van der Waals surface area contributed by atoms with E-state index in [4.69, 9.17) is 10.5 Å². The van der Waals surface area contributed by atoms with Gasteiger partial charge in [-0.1, -0.05) is 12.1 Å². The molecule has 4 heteroatoms. The van der Waals surface area contributed by atoms with Crippen LogP contribution in [0.1, 0.15) is 20.3 Å². The number of carbonyl (C=O) groups is 1. The zero-order valence-electron chi connectivity index (χ0n) is 10.5. The minimum atomic E-state index is 0.0298. The third-order valence-electron chi connectivity index (χ3n) is 2.43. The second kappa shape index (κ2) is 6.91. The van der Waals surface area contributed by atoms with Crippen LogP contribution in [0, 0.1) is 0 Å². The van der Waals surface area contributed by atoms with Crippen molar-refractivity contribution in [2.24, 2.45) is 5.73 Å². The van der Waals surface area contributed by atoms with Gasteiger partial charge in [-0.25, -0.2) is 0 Å². The van der Waals surface area contributed by atoms with Gasteiger partial charge in [0.1, 0.15) is 5.75 Å². The molecular weight excluding hydrogens is 216 g/mol. The van der Waals surface area contributed by atoms with E-state index in [1.54, 1.807) is 4.90 Å². The highest BCUT2D eigenvalue weighted by Crippen LogP contribution is 2.28. The summed E-state index contributed by atoms with van der Waals surface area (Å²) in [5.41, 5.74) is 6.23. The fraction of sp³-hybridized carbons (Fsp3) is 0.462. The van der Waals surface area contributed by atoms with Crippen LogP contribution in [0.5, 0.6) is 5.75 Å². The highest BCUT2D eigenvalue weighted by atomic mass is 16.5. The Morgan fingerprint density at radius 2 is 2.06 bits per heavy atom. The largest absolute Gasteiger partial charge is 0.492 e. The van der Waals surface area contributed by atoms with Crippen LogP contribution in [0.3, 0.4) is 0 Å². The molecule has 1 aromatic carbocycles. The quantitative estimate of drug-likeness (QED) is 0.819. The Morgan fingerprint density at radius 3 is 2.65 bits per heavy atom. The third kappa shape index (κ3) is 3.46. The van der Waals surface area contributed by atoms with Crippen LogP contribution in [-0.2, 0) is 4.79 Å². The van der Waals surface area contributed by atoms with Gasteiger partial charge in [-0.2, -0.15) is 0 Å². The van der Waals surface area contributed by atoms with Crippen molar-refractivity contribution in [1.29, 1.82) is 0 Å². The molecule has 1 amide bonds.